The second-order valence-electron chi connectivity index (χ2n) is 12.9. The molecule has 1 aliphatic heterocycles. The Morgan fingerprint density at radius 3 is 1.43 bits per heavy atom. The molecule has 0 saturated heterocycles. The van der Waals surface area contributed by atoms with Gasteiger partial charge in [-0.1, -0.05) is 113 Å². The third-order valence-corrected chi connectivity index (χ3v) is 7.59. The molecule has 1 aliphatic rings. The fraction of sp³-hybridized carbons (Fsp3) is 0.515. The summed E-state index contributed by atoms with van der Waals surface area (Å²) in [6.45, 7) is 25.5. The van der Waals surface area contributed by atoms with Crippen LogP contribution in [-0.2, 0) is 0 Å². The SMILES string of the molecule is CC(C)c1cccc(C(C)C)c1N1c2cncnc2N(c2c(C(C)C)cccc2C(C)C)C1C(C)(C)C. The Labute approximate surface area is 225 Å². The van der Waals surface area contributed by atoms with Crippen molar-refractivity contribution in [1.29, 1.82) is 0 Å². The van der Waals surface area contributed by atoms with Crippen LogP contribution in [0.2, 0.25) is 0 Å². The minimum Gasteiger partial charge on any atom is -0.314 e. The molecule has 1 aromatic heterocycles. The van der Waals surface area contributed by atoms with Crippen LogP contribution in [0.3, 0.4) is 0 Å². The van der Waals surface area contributed by atoms with Gasteiger partial charge >= 0.3 is 0 Å². The highest BCUT2D eigenvalue weighted by atomic mass is 15.5. The number of benzene rings is 2. The van der Waals surface area contributed by atoms with Gasteiger partial charge in [0.05, 0.1) is 17.6 Å². The molecule has 37 heavy (non-hydrogen) atoms. The van der Waals surface area contributed by atoms with Gasteiger partial charge in [0, 0.05) is 5.41 Å². The van der Waals surface area contributed by atoms with Crippen molar-refractivity contribution in [3.8, 4) is 0 Å². The van der Waals surface area contributed by atoms with Crippen LogP contribution < -0.4 is 9.80 Å². The monoisotopic (exact) mass is 498 g/mol. The predicted octanol–water partition coefficient (Wildman–Crippen LogP) is 9.63. The molecule has 3 aromatic rings. The van der Waals surface area contributed by atoms with E-state index >= 15 is 0 Å². The summed E-state index contributed by atoms with van der Waals surface area (Å²) in [6, 6.07) is 13.7. The number of fused-ring (bicyclic) bond motifs is 1. The van der Waals surface area contributed by atoms with E-state index in [0.717, 1.165) is 11.5 Å². The second-order valence-corrected chi connectivity index (χ2v) is 12.9. The standard InChI is InChI=1S/C33H46N4/c1-20(2)24-14-12-15-25(21(3)4)29(24)36-28-18-34-19-35-31(28)37(32(36)33(9,10)11)30-26(22(5)6)16-13-17-27(30)23(7)8/h12-23,32H,1-11H3. The van der Waals surface area contributed by atoms with Crippen LogP contribution in [0.15, 0.2) is 48.9 Å². The highest BCUT2D eigenvalue weighted by molar-refractivity contribution is 5.89. The fourth-order valence-corrected chi connectivity index (χ4v) is 5.86. The van der Waals surface area contributed by atoms with E-state index in [9.17, 15) is 0 Å². The normalized spacial score (nSPS) is 16.0. The highest BCUT2D eigenvalue weighted by Gasteiger charge is 2.48. The molecular formula is C33H46N4. The average Bonchev–Trinajstić information content (AvgIpc) is 3.18. The van der Waals surface area contributed by atoms with E-state index in [4.69, 9.17) is 4.98 Å². The summed E-state index contributed by atoms with van der Waals surface area (Å²) in [6.07, 6.45) is 3.77. The molecule has 0 N–H and O–H groups in total. The van der Waals surface area contributed by atoms with Crippen LogP contribution in [0.1, 0.15) is 122 Å². The molecule has 4 heteroatoms. The molecule has 1 unspecified atom stereocenters. The van der Waals surface area contributed by atoms with Crippen LogP contribution in [0, 0.1) is 5.41 Å². The zero-order chi connectivity index (χ0) is 27.2. The van der Waals surface area contributed by atoms with Gasteiger partial charge in [-0.25, -0.2) is 9.97 Å². The summed E-state index contributed by atoms with van der Waals surface area (Å²) in [7, 11) is 0. The predicted molar refractivity (Wildman–Crippen MR) is 159 cm³/mol. The van der Waals surface area contributed by atoms with Gasteiger partial charge in [-0.3, -0.25) is 0 Å². The van der Waals surface area contributed by atoms with Crippen LogP contribution >= 0.6 is 0 Å². The van der Waals surface area contributed by atoms with E-state index in [1.54, 1.807) is 6.33 Å². The summed E-state index contributed by atoms with van der Waals surface area (Å²) >= 11 is 0. The number of nitrogens with zero attached hydrogens (tertiary/aromatic N) is 4. The number of aromatic nitrogens is 2. The Kier molecular flexibility index (Phi) is 7.43. The summed E-state index contributed by atoms with van der Waals surface area (Å²) in [5.41, 5.74) is 9.11. The maximum absolute atomic E-state index is 4.98. The highest BCUT2D eigenvalue weighted by Crippen LogP contribution is 2.55. The molecule has 2 aromatic carbocycles. The lowest BCUT2D eigenvalue weighted by molar-refractivity contribution is 0.328. The van der Waals surface area contributed by atoms with Crippen LogP contribution in [0.5, 0.6) is 0 Å². The molecule has 0 spiro atoms. The van der Waals surface area contributed by atoms with E-state index < -0.39 is 0 Å². The number of hydrogen-bond donors (Lipinski definition) is 0. The quantitative estimate of drug-likeness (QED) is 0.338. The van der Waals surface area contributed by atoms with E-state index in [0.29, 0.717) is 23.7 Å². The Bertz CT molecular complexity index is 1110. The maximum atomic E-state index is 4.98. The van der Waals surface area contributed by atoms with Crippen molar-refractivity contribution in [3.63, 3.8) is 0 Å². The number of hydrogen-bond acceptors (Lipinski definition) is 4. The summed E-state index contributed by atoms with van der Waals surface area (Å²) in [5, 5.41) is 0. The van der Waals surface area contributed by atoms with Gasteiger partial charge in [0.2, 0.25) is 0 Å². The van der Waals surface area contributed by atoms with Gasteiger partial charge in [0.25, 0.3) is 0 Å². The Balaban J connectivity index is 2.13. The maximum Gasteiger partial charge on any atom is 0.162 e. The molecule has 2 heterocycles. The van der Waals surface area contributed by atoms with Gasteiger partial charge in [0.15, 0.2) is 5.82 Å². The van der Waals surface area contributed by atoms with E-state index in [2.05, 4.69) is 127 Å². The first-order chi connectivity index (χ1) is 17.4. The minimum atomic E-state index is -0.0859. The lowest BCUT2D eigenvalue weighted by Gasteiger charge is -2.44. The molecule has 4 rings (SSSR count). The molecule has 0 saturated carbocycles. The van der Waals surface area contributed by atoms with Gasteiger partial charge < -0.3 is 9.80 Å². The van der Waals surface area contributed by atoms with Crippen molar-refractivity contribution in [1.82, 2.24) is 9.97 Å². The van der Waals surface area contributed by atoms with E-state index in [1.807, 2.05) is 6.20 Å². The molecular weight excluding hydrogens is 452 g/mol. The van der Waals surface area contributed by atoms with Crippen molar-refractivity contribution >= 4 is 22.9 Å². The first kappa shape index (κ1) is 27.2. The molecule has 0 amide bonds. The van der Waals surface area contributed by atoms with Crippen LogP contribution in [-0.4, -0.2) is 16.1 Å². The smallest absolute Gasteiger partial charge is 0.162 e. The van der Waals surface area contributed by atoms with Crippen LogP contribution in [0.25, 0.3) is 0 Å². The zero-order valence-corrected chi connectivity index (χ0v) is 24.8. The van der Waals surface area contributed by atoms with Crippen molar-refractivity contribution in [2.75, 3.05) is 9.80 Å². The number of anilines is 4. The van der Waals surface area contributed by atoms with Gasteiger partial charge in [-0.05, 0) is 45.9 Å². The van der Waals surface area contributed by atoms with Crippen molar-refractivity contribution in [2.24, 2.45) is 5.41 Å². The lowest BCUT2D eigenvalue weighted by atomic mass is 9.86. The molecule has 0 radical (unpaired) electrons. The number of para-hydroxylation sites is 2. The van der Waals surface area contributed by atoms with Crippen molar-refractivity contribution in [2.45, 2.75) is 106 Å². The molecule has 0 bridgehead atoms. The largest absolute Gasteiger partial charge is 0.314 e. The van der Waals surface area contributed by atoms with Crippen LogP contribution in [0.4, 0.5) is 22.9 Å². The molecule has 0 aliphatic carbocycles. The summed E-state index contributed by atoms with van der Waals surface area (Å²) < 4.78 is 0. The Morgan fingerprint density at radius 1 is 0.649 bits per heavy atom. The molecule has 0 fully saturated rings. The Hall–Kier alpha value is -2.88. The third kappa shape index (κ3) is 4.76. The van der Waals surface area contributed by atoms with Gasteiger partial charge in [-0.2, -0.15) is 0 Å². The van der Waals surface area contributed by atoms with E-state index in [1.165, 1.54) is 33.6 Å². The summed E-state index contributed by atoms with van der Waals surface area (Å²) in [5.74, 6) is 2.57. The number of rotatable bonds is 6. The van der Waals surface area contributed by atoms with Crippen molar-refractivity contribution in [3.05, 3.63) is 71.2 Å². The van der Waals surface area contributed by atoms with Gasteiger partial charge in [-0.15, -0.1) is 0 Å². The lowest BCUT2D eigenvalue weighted by Crippen LogP contribution is -2.49. The van der Waals surface area contributed by atoms with E-state index in [-0.39, 0.29) is 11.6 Å². The first-order valence-corrected chi connectivity index (χ1v) is 14.0. The molecule has 1 atom stereocenters. The Morgan fingerprint density at radius 2 is 1.05 bits per heavy atom. The van der Waals surface area contributed by atoms with Crippen molar-refractivity contribution < 1.29 is 0 Å². The van der Waals surface area contributed by atoms with Gasteiger partial charge in [0.1, 0.15) is 18.2 Å². The molecule has 4 nitrogen and oxygen atoms in total. The minimum absolute atomic E-state index is 0.0361. The summed E-state index contributed by atoms with van der Waals surface area (Å²) in [4.78, 5) is 14.7. The fourth-order valence-electron chi connectivity index (χ4n) is 5.86. The first-order valence-electron chi connectivity index (χ1n) is 14.0. The second kappa shape index (κ2) is 10.1. The molecule has 198 valence electrons. The topological polar surface area (TPSA) is 32.3 Å². The zero-order valence-electron chi connectivity index (χ0n) is 24.8. The third-order valence-electron chi connectivity index (χ3n) is 7.59. The average molecular weight is 499 g/mol.